The number of hydrogen-bond donors (Lipinski definition) is 1. The van der Waals surface area contributed by atoms with Crippen LogP contribution in [0.4, 0.5) is 5.13 Å². The van der Waals surface area contributed by atoms with Gasteiger partial charge in [0, 0.05) is 18.6 Å². The molecule has 0 spiro atoms. The average Bonchev–Trinajstić information content (AvgIpc) is 3.06. The Morgan fingerprint density at radius 1 is 1.43 bits per heavy atom. The molecule has 0 aliphatic heterocycles. The lowest BCUT2D eigenvalue weighted by Gasteiger charge is -1.99. The van der Waals surface area contributed by atoms with Crippen LogP contribution in [0.2, 0.25) is 0 Å². The first kappa shape index (κ1) is 16.0. The summed E-state index contributed by atoms with van der Waals surface area (Å²) >= 11 is 3.11. The fourth-order valence-corrected chi connectivity index (χ4v) is 3.58. The van der Waals surface area contributed by atoms with Crippen molar-refractivity contribution in [3.63, 3.8) is 0 Å². The topological polar surface area (TPSA) is 68.0 Å². The molecule has 7 heteroatoms. The summed E-state index contributed by atoms with van der Waals surface area (Å²) in [4.78, 5) is 11.8. The highest BCUT2D eigenvalue weighted by Gasteiger charge is 2.09. The summed E-state index contributed by atoms with van der Waals surface area (Å²) in [5, 5.41) is 11.4. The first-order valence-corrected chi connectivity index (χ1v) is 8.79. The lowest BCUT2D eigenvalue weighted by Crippen LogP contribution is -2.11. The van der Waals surface area contributed by atoms with E-state index in [0.717, 1.165) is 28.0 Å². The van der Waals surface area contributed by atoms with Crippen molar-refractivity contribution in [3.8, 4) is 0 Å². The minimum atomic E-state index is -0.0645. The lowest BCUT2D eigenvalue weighted by molar-refractivity contribution is -0.116. The van der Waals surface area contributed by atoms with Crippen molar-refractivity contribution in [1.82, 2.24) is 10.2 Å². The smallest absolute Gasteiger partial charge is 0.226 e. The van der Waals surface area contributed by atoms with Crippen molar-refractivity contribution in [2.45, 2.75) is 43.9 Å². The second kappa shape index (κ2) is 8.19. The number of amides is 1. The van der Waals surface area contributed by atoms with E-state index in [9.17, 15) is 4.79 Å². The summed E-state index contributed by atoms with van der Waals surface area (Å²) in [7, 11) is 0. The van der Waals surface area contributed by atoms with E-state index in [1.165, 1.54) is 17.8 Å². The van der Waals surface area contributed by atoms with Crippen LogP contribution >= 0.6 is 23.1 Å². The van der Waals surface area contributed by atoms with Gasteiger partial charge in [0.2, 0.25) is 11.0 Å². The van der Waals surface area contributed by atoms with Gasteiger partial charge in [0.25, 0.3) is 0 Å². The Labute approximate surface area is 132 Å². The molecule has 0 bridgehead atoms. The van der Waals surface area contributed by atoms with Crippen molar-refractivity contribution in [1.29, 1.82) is 0 Å². The Balaban J connectivity index is 1.74. The van der Waals surface area contributed by atoms with Crippen LogP contribution in [0.15, 0.2) is 20.9 Å². The maximum absolute atomic E-state index is 11.8. The molecule has 0 saturated carbocycles. The van der Waals surface area contributed by atoms with E-state index >= 15 is 0 Å². The fourth-order valence-electron chi connectivity index (χ4n) is 1.66. The molecule has 21 heavy (non-hydrogen) atoms. The molecule has 2 aromatic heterocycles. The van der Waals surface area contributed by atoms with Crippen LogP contribution in [-0.4, -0.2) is 21.9 Å². The molecule has 2 heterocycles. The van der Waals surface area contributed by atoms with Gasteiger partial charge in [-0.05, 0) is 25.5 Å². The van der Waals surface area contributed by atoms with Gasteiger partial charge < -0.3 is 9.73 Å². The van der Waals surface area contributed by atoms with Crippen molar-refractivity contribution in [3.05, 3.63) is 23.7 Å². The number of carbonyl (C=O) groups excluding carboxylic acids is 1. The monoisotopic (exact) mass is 325 g/mol. The Hall–Kier alpha value is -1.34. The van der Waals surface area contributed by atoms with Crippen LogP contribution in [0.1, 0.15) is 37.7 Å². The summed E-state index contributed by atoms with van der Waals surface area (Å²) < 4.78 is 6.34. The number of furan rings is 1. The van der Waals surface area contributed by atoms with Crippen LogP contribution in [0.3, 0.4) is 0 Å². The fraction of sp³-hybridized carbons (Fsp3) is 0.500. The van der Waals surface area contributed by atoms with Gasteiger partial charge in [-0.3, -0.25) is 4.79 Å². The highest BCUT2D eigenvalue weighted by molar-refractivity contribution is 8.01. The van der Waals surface area contributed by atoms with Gasteiger partial charge >= 0.3 is 0 Å². The molecule has 0 aliphatic rings. The first-order chi connectivity index (χ1) is 10.2. The highest BCUT2D eigenvalue weighted by Crippen LogP contribution is 2.26. The minimum absolute atomic E-state index is 0.0645. The molecular formula is C14H19N3O2S2. The first-order valence-electron chi connectivity index (χ1n) is 6.99. The molecule has 0 aromatic carbocycles. The molecule has 0 atom stereocenters. The van der Waals surface area contributed by atoms with Crippen molar-refractivity contribution >= 4 is 34.1 Å². The molecule has 0 saturated heterocycles. The van der Waals surface area contributed by atoms with E-state index in [1.807, 2.05) is 19.1 Å². The normalized spacial score (nSPS) is 10.8. The predicted octanol–water partition coefficient (Wildman–Crippen LogP) is 3.90. The lowest BCUT2D eigenvalue weighted by atomic mass is 10.2. The third kappa shape index (κ3) is 5.51. The van der Waals surface area contributed by atoms with Gasteiger partial charge in [0.1, 0.15) is 11.5 Å². The predicted molar refractivity (Wildman–Crippen MR) is 85.9 cm³/mol. The van der Waals surface area contributed by atoms with E-state index in [4.69, 9.17) is 4.42 Å². The number of aryl methyl sites for hydroxylation is 2. The number of nitrogens with zero attached hydrogens (tertiary/aromatic N) is 2. The Morgan fingerprint density at radius 3 is 3.00 bits per heavy atom. The van der Waals surface area contributed by atoms with E-state index in [1.54, 1.807) is 11.8 Å². The second-order valence-electron chi connectivity index (χ2n) is 4.64. The molecule has 5 nitrogen and oxygen atoms in total. The van der Waals surface area contributed by atoms with E-state index in [-0.39, 0.29) is 5.91 Å². The zero-order valence-corrected chi connectivity index (χ0v) is 13.9. The summed E-state index contributed by atoms with van der Waals surface area (Å²) in [6.45, 7) is 4.05. The molecule has 0 fully saturated rings. The highest BCUT2D eigenvalue weighted by atomic mass is 32.2. The Kier molecular flexibility index (Phi) is 6.25. The Morgan fingerprint density at radius 2 is 2.29 bits per heavy atom. The summed E-state index contributed by atoms with van der Waals surface area (Å²) in [5.41, 5.74) is 0. The molecule has 0 radical (unpaired) electrons. The minimum Gasteiger partial charge on any atom is -0.466 e. The zero-order chi connectivity index (χ0) is 15.1. The summed E-state index contributed by atoms with van der Waals surface area (Å²) in [6, 6.07) is 3.80. The van der Waals surface area contributed by atoms with Gasteiger partial charge in [-0.1, -0.05) is 36.4 Å². The Bertz CT molecular complexity index is 580. The number of hydrogen-bond acceptors (Lipinski definition) is 6. The molecular weight excluding hydrogens is 306 g/mol. The van der Waals surface area contributed by atoms with Crippen LogP contribution in [0, 0.1) is 6.92 Å². The summed E-state index contributed by atoms with van der Waals surface area (Å²) in [6.07, 6.45) is 3.30. The quantitative estimate of drug-likeness (QED) is 0.453. The number of thioether (sulfide) groups is 1. The maximum atomic E-state index is 11.8. The average molecular weight is 325 g/mol. The molecule has 2 aromatic rings. The van der Waals surface area contributed by atoms with Gasteiger partial charge in [0.15, 0.2) is 4.34 Å². The number of anilines is 1. The second-order valence-corrected chi connectivity index (χ2v) is 6.96. The summed E-state index contributed by atoms with van der Waals surface area (Å²) in [5.74, 6) is 2.67. The molecule has 1 N–H and O–H groups in total. The van der Waals surface area contributed by atoms with E-state index in [2.05, 4.69) is 22.4 Å². The van der Waals surface area contributed by atoms with Crippen LogP contribution in [0.5, 0.6) is 0 Å². The molecule has 0 aliphatic carbocycles. The molecule has 1 amide bonds. The number of aromatic nitrogens is 2. The molecule has 0 unspecified atom stereocenters. The van der Waals surface area contributed by atoms with Crippen molar-refractivity contribution < 1.29 is 9.21 Å². The van der Waals surface area contributed by atoms with Gasteiger partial charge in [-0.15, -0.1) is 10.2 Å². The third-order valence-electron chi connectivity index (χ3n) is 2.77. The molecule has 114 valence electrons. The third-order valence-corrected chi connectivity index (χ3v) is 4.83. The van der Waals surface area contributed by atoms with Gasteiger partial charge in [-0.2, -0.15) is 0 Å². The van der Waals surface area contributed by atoms with E-state index in [0.29, 0.717) is 18.0 Å². The SMILES string of the molecule is CCCCSc1nnc(NC(=O)CCc2ccc(C)o2)s1. The number of unbranched alkanes of at least 4 members (excludes halogenated alkanes) is 1. The van der Waals surface area contributed by atoms with Crippen molar-refractivity contribution in [2.75, 3.05) is 11.1 Å². The zero-order valence-electron chi connectivity index (χ0n) is 12.2. The van der Waals surface area contributed by atoms with Crippen LogP contribution < -0.4 is 5.32 Å². The maximum Gasteiger partial charge on any atom is 0.226 e. The number of nitrogens with one attached hydrogen (secondary N) is 1. The van der Waals surface area contributed by atoms with Crippen LogP contribution in [0.25, 0.3) is 0 Å². The van der Waals surface area contributed by atoms with E-state index < -0.39 is 0 Å². The molecule has 2 rings (SSSR count). The standard InChI is InChI=1S/C14H19N3O2S2/c1-3-4-9-20-14-17-16-13(21-14)15-12(18)8-7-11-6-5-10(2)19-11/h5-6H,3-4,7-9H2,1-2H3,(H,15,16,18). The van der Waals surface area contributed by atoms with Gasteiger partial charge in [-0.25, -0.2) is 0 Å². The van der Waals surface area contributed by atoms with Gasteiger partial charge in [0.05, 0.1) is 0 Å². The van der Waals surface area contributed by atoms with Crippen molar-refractivity contribution in [2.24, 2.45) is 0 Å². The largest absolute Gasteiger partial charge is 0.466 e. The van der Waals surface area contributed by atoms with Crippen LogP contribution in [-0.2, 0) is 11.2 Å². The number of carbonyl (C=O) groups is 1. The number of rotatable bonds is 8.